The Balaban J connectivity index is 1.69. The van der Waals surface area contributed by atoms with Crippen LogP contribution in [0.3, 0.4) is 0 Å². The molecule has 0 unspecified atom stereocenters. The van der Waals surface area contributed by atoms with E-state index >= 15 is 0 Å². The number of hydrogen-bond donors (Lipinski definition) is 1. The maximum Gasteiger partial charge on any atom is 0.261 e. The summed E-state index contributed by atoms with van der Waals surface area (Å²) in [6.07, 6.45) is 1.78. The third-order valence-electron chi connectivity index (χ3n) is 4.20. The van der Waals surface area contributed by atoms with Crippen molar-refractivity contribution >= 4 is 17.7 Å². The molecule has 1 saturated heterocycles. The number of carbonyl (C=O) groups is 3. The van der Waals surface area contributed by atoms with Gasteiger partial charge in [-0.3, -0.25) is 19.7 Å². The number of imide groups is 1. The van der Waals surface area contributed by atoms with Crippen molar-refractivity contribution in [2.45, 2.75) is 45.2 Å². The third kappa shape index (κ3) is 3.36. The lowest BCUT2D eigenvalue weighted by molar-refractivity contribution is -0.141. The summed E-state index contributed by atoms with van der Waals surface area (Å²) in [7, 11) is 0. The van der Waals surface area contributed by atoms with E-state index in [0.717, 1.165) is 24.0 Å². The molecule has 0 bridgehead atoms. The fourth-order valence-corrected chi connectivity index (χ4v) is 2.83. The summed E-state index contributed by atoms with van der Waals surface area (Å²) >= 11 is 0. The molecule has 0 spiro atoms. The normalized spacial score (nSPS) is 20.3. The van der Waals surface area contributed by atoms with Crippen molar-refractivity contribution in [3.8, 4) is 5.75 Å². The van der Waals surface area contributed by atoms with Crippen molar-refractivity contribution in [1.29, 1.82) is 0 Å². The zero-order valence-electron chi connectivity index (χ0n) is 13.3. The predicted octanol–water partition coefficient (Wildman–Crippen LogP) is 1.09. The van der Waals surface area contributed by atoms with Gasteiger partial charge in [0, 0.05) is 6.04 Å². The van der Waals surface area contributed by atoms with Crippen LogP contribution in [0, 0.1) is 13.8 Å². The number of benzene rings is 1. The van der Waals surface area contributed by atoms with Crippen LogP contribution in [0.15, 0.2) is 18.2 Å². The van der Waals surface area contributed by atoms with Crippen LogP contribution in [0.25, 0.3) is 0 Å². The number of aryl methyl sites for hydroxylation is 2. The van der Waals surface area contributed by atoms with Crippen LogP contribution in [-0.4, -0.2) is 41.3 Å². The van der Waals surface area contributed by atoms with E-state index in [0.29, 0.717) is 5.75 Å². The maximum absolute atomic E-state index is 12.5. The van der Waals surface area contributed by atoms with Crippen molar-refractivity contribution in [2.24, 2.45) is 0 Å². The fourth-order valence-electron chi connectivity index (χ4n) is 2.83. The van der Waals surface area contributed by atoms with Crippen molar-refractivity contribution < 1.29 is 19.1 Å². The van der Waals surface area contributed by atoms with Gasteiger partial charge in [0.2, 0.25) is 11.8 Å². The number of rotatable bonds is 5. The van der Waals surface area contributed by atoms with Gasteiger partial charge in [-0.05, 0) is 43.9 Å². The minimum absolute atomic E-state index is 0.0462. The Bertz CT molecular complexity index is 667. The summed E-state index contributed by atoms with van der Waals surface area (Å²) in [6.45, 7) is 3.75. The SMILES string of the molecule is Cc1ccc(C)c(OCC(=O)N(C2CC2)[C@@H]2CC(=O)NC2=O)c1. The van der Waals surface area contributed by atoms with Gasteiger partial charge in [0.15, 0.2) is 6.61 Å². The van der Waals surface area contributed by atoms with Crippen molar-refractivity contribution in [2.75, 3.05) is 6.61 Å². The molecular formula is C17H20N2O4. The highest BCUT2D eigenvalue weighted by atomic mass is 16.5. The first kappa shape index (κ1) is 15.5. The van der Waals surface area contributed by atoms with E-state index in [1.54, 1.807) is 0 Å². The molecule has 1 aliphatic carbocycles. The van der Waals surface area contributed by atoms with Gasteiger partial charge in [-0.25, -0.2) is 0 Å². The van der Waals surface area contributed by atoms with E-state index < -0.39 is 6.04 Å². The van der Waals surface area contributed by atoms with E-state index in [9.17, 15) is 14.4 Å². The first-order valence-corrected chi connectivity index (χ1v) is 7.80. The smallest absolute Gasteiger partial charge is 0.261 e. The van der Waals surface area contributed by atoms with Gasteiger partial charge in [-0.15, -0.1) is 0 Å². The summed E-state index contributed by atoms with van der Waals surface area (Å²) in [6, 6.07) is 5.16. The minimum atomic E-state index is -0.690. The number of ether oxygens (including phenoxy) is 1. The van der Waals surface area contributed by atoms with Crippen LogP contribution in [0.4, 0.5) is 0 Å². The van der Waals surface area contributed by atoms with Gasteiger partial charge in [0.05, 0.1) is 6.42 Å². The highest BCUT2D eigenvalue weighted by molar-refractivity contribution is 6.07. The molecular weight excluding hydrogens is 296 g/mol. The van der Waals surface area contributed by atoms with E-state index in [-0.39, 0.29) is 36.8 Å². The molecule has 23 heavy (non-hydrogen) atoms. The standard InChI is InChI=1S/C17H20N2O4/c1-10-3-4-11(2)14(7-10)23-9-16(21)19(12-5-6-12)13-8-15(20)18-17(13)22/h3-4,7,12-13H,5-6,8-9H2,1-2H3,(H,18,20,22)/t13-/m1/s1. The summed E-state index contributed by atoms with van der Waals surface area (Å²) in [5.74, 6) is -0.291. The largest absolute Gasteiger partial charge is 0.483 e. The molecule has 122 valence electrons. The molecule has 3 amide bonds. The second-order valence-corrected chi connectivity index (χ2v) is 6.22. The van der Waals surface area contributed by atoms with Crippen LogP contribution in [0.1, 0.15) is 30.4 Å². The maximum atomic E-state index is 12.5. The Morgan fingerprint density at radius 3 is 2.65 bits per heavy atom. The average molecular weight is 316 g/mol. The van der Waals surface area contributed by atoms with E-state index in [4.69, 9.17) is 4.74 Å². The van der Waals surface area contributed by atoms with Gasteiger partial charge in [-0.1, -0.05) is 12.1 Å². The molecule has 2 fully saturated rings. The van der Waals surface area contributed by atoms with Crippen LogP contribution < -0.4 is 10.1 Å². The molecule has 1 heterocycles. The quantitative estimate of drug-likeness (QED) is 0.825. The number of nitrogens with one attached hydrogen (secondary N) is 1. The highest BCUT2D eigenvalue weighted by Crippen LogP contribution is 2.31. The molecule has 1 atom stereocenters. The average Bonchev–Trinajstić information content (AvgIpc) is 3.26. The van der Waals surface area contributed by atoms with Gasteiger partial charge in [0.1, 0.15) is 11.8 Å². The molecule has 1 aliphatic heterocycles. The molecule has 2 aliphatic rings. The Morgan fingerprint density at radius 2 is 2.04 bits per heavy atom. The predicted molar refractivity (Wildman–Crippen MR) is 82.8 cm³/mol. The fraction of sp³-hybridized carbons (Fsp3) is 0.471. The zero-order chi connectivity index (χ0) is 16.6. The molecule has 0 radical (unpaired) electrons. The topological polar surface area (TPSA) is 75.7 Å². The first-order chi connectivity index (χ1) is 11.0. The molecule has 6 heteroatoms. The molecule has 1 aromatic carbocycles. The number of carbonyl (C=O) groups excluding carboxylic acids is 3. The van der Waals surface area contributed by atoms with Crippen molar-refractivity contribution in [3.63, 3.8) is 0 Å². The van der Waals surface area contributed by atoms with E-state index in [2.05, 4.69) is 5.32 Å². The van der Waals surface area contributed by atoms with Gasteiger partial charge in [-0.2, -0.15) is 0 Å². The molecule has 3 rings (SSSR count). The summed E-state index contributed by atoms with van der Waals surface area (Å²) in [4.78, 5) is 37.3. The Labute approximate surface area is 134 Å². The summed E-state index contributed by atoms with van der Waals surface area (Å²) in [5.41, 5.74) is 2.01. The Morgan fingerprint density at radius 1 is 1.30 bits per heavy atom. The molecule has 1 saturated carbocycles. The van der Waals surface area contributed by atoms with Crippen LogP contribution in [-0.2, 0) is 14.4 Å². The lowest BCUT2D eigenvalue weighted by atomic mass is 10.1. The minimum Gasteiger partial charge on any atom is -0.483 e. The monoisotopic (exact) mass is 316 g/mol. The lowest BCUT2D eigenvalue weighted by Crippen LogP contribution is -2.47. The first-order valence-electron chi connectivity index (χ1n) is 7.80. The summed E-state index contributed by atoms with van der Waals surface area (Å²) in [5, 5.41) is 2.26. The Kier molecular flexibility index (Phi) is 4.07. The van der Waals surface area contributed by atoms with E-state index in [1.807, 2.05) is 32.0 Å². The second-order valence-electron chi connectivity index (χ2n) is 6.22. The summed E-state index contributed by atoms with van der Waals surface area (Å²) < 4.78 is 5.65. The Hall–Kier alpha value is -2.37. The number of nitrogens with zero attached hydrogens (tertiary/aromatic N) is 1. The third-order valence-corrected chi connectivity index (χ3v) is 4.20. The van der Waals surface area contributed by atoms with E-state index in [1.165, 1.54) is 4.90 Å². The molecule has 6 nitrogen and oxygen atoms in total. The van der Waals surface area contributed by atoms with Crippen molar-refractivity contribution in [3.05, 3.63) is 29.3 Å². The van der Waals surface area contributed by atoms with Crippen LogP contribution >= 0.6 is 0 Å². The van der Waals surface area contributed by atoms with Crippen LogP contribution in [0.2, 0.25) is 0 Å². The number of hydrogen-bond acceptors (Lipinski definition) is 4. The molecule has 0 aromatic heterocycles. The van der Waals surface area contributed by atoms with Gasteiger partial charge < -0.3 is 9.64 Å². The van der Waals surface area contributed by atoms with Crippen molar-refractivity contribution in [1.82, 2.24) is 10.2 Å². The number of amides is 3. The molecule has 1 N–H and O–H groups in total. The highest BCUT2D eigenvalue weighted by Gasteiger charge is 2.44. The zero-order valence-corrected chi connectivity index (χ0v) is 13.3. The van der Waals surface area contributed by atoms with Gasteiger partial charge in [0.25, 0.3) is 5.91 Å². The second kappa shape index (κ2) is 6.02. The van der Waals surface area contributed by atoms with Crippen LogP contribution in [0.5, 0.6) is 5.75 Å². The lowest BCUT2D eigenvalue weighted by Gasteiger charge is -2.26. The van der Waals surface area contributed by atoms with Gasteiger partial charge >= 0.3 is 0 Å². The molecule has 1 aromatic rings.